The molecule has 0 saturated heterocycles. The van der Waals surface area contributed by atoms with Crippen LogP contribution in [0.2, 0.25) is 0 Å². The number of hydrogen-bond acceptors (Lipinski definition) is 2. The summed E-state index contributed by atoms with van der Waals surface area (Å²) in [5.41, 5.74) is 0.179. The molecule has 1 unspecified atom stereocenters. The van der Waals surface area contributed by atoms with Crippen LogP contribution in [0.1, 0.15) is 33.6 Å². The third-order valence-electron chi connectivity index (χ3n) is 2.52. The Bertz CT molecular complexity index is 117. The molecule has 0 aliphatic heterocycles. The molecule has 0 rings (SSSR count). The molecule has 0 aromatic rings. The van der Waals surface area contributed by atoms with E-state index in [1.165, 1.54) is 12.8 Å². The van der Waals surface area contributed by atoms with Crippen molar-refractivity contribution in [3.05, 3.63) is 0 Å². The van der Waals surface area contributed by atoms with Crippen LogP contribution in [0.4, 0.5) is 0 Å². The summed E-state index contributed by atoms with van der Waals surface area (Å²) in [4.78, 5) is 0. The van der Waals surface area contributed by atoms with Crippen LogP contribution in [0, 0.1) is 11.3 Å². The fraction of sp³-hybridized carbons (Fsp3) is 1.00. The Morgan fingerprint density at radius 2 is 1.62 bits per heavy atom. The molecule has 0 aliphatic carbocycles. The first kappa shape index (κ1) is 12.9. The number of rotatable bonds is 7. The van der Waals surface area contributed by atoms with Crippen LogP contribution in [0.5, 0.6) is 0 Å². The summed E-state index contributed by atoms with van der Waals surface area (Å²) in [5, 5.41) is 0. The maximum Gasteiger partial charge on any atom is 0.0538 e. The molecule has 13 heavy (non-hydrogen) atoms. The zero-order valence-corrected chi connectivity index (χ0v) is 9.72. The minimum atomic E-state index is 0.179. The molecule has 0 N–H and O–H groups in total. The largest absolute Gasteiger partial charge is 0.384 e. The molecule has 0 saturated carbocycles. The summed E-state index contributed by atoms with van der Waals surface area (Å²) in [7, 11) is 3.51. The lowest BCUT2D eigenvalue weighted by molar-refractivity contribution is 0.00756. The highest BCUT2D eigenvalue weighted by atomic mass is 16.5. The number of methoxy groups -OCH3 is 2. The molecule has 0 fully saturated rings. The normalized spacial score (nSPS) is 14.5. The van der Waals surface area contributed by atoms with Crippen molar-refractivity contribution in [2.75, 3.05) is 27.4 Å². The van der Waals surface area contributed by atoms with Crippen molar-refractivity contribution in [2.45, 2.75) is 33.6 Å². The summed E-state index contributed by atoms with van der Waals surface area (Å²) < 4.78 is 10.4. The minimum Gasteiger partial charge on any atom is -0.384 e. The molecule has 0 heterocycles. The van der Waals surface area contributed by atoms with Gasteiger partial charge in [-0.25, -0.2) is 0 Å². The predicted octanol–water partition coefficient (Wildman–Crippen LogP) is 2.72. The van der Waals surface area contributed by atoms with Gasteiger partial charge >= 0.3 is 0 Å². The minimum absolute atomic E-state index is 0.179. The Balaban J connectivity index is 4.05. The topological polar surface area (TPSA) is 18.5 Å². The molecule has 1 atom stereocenters. The molecular formula is C11H24O2. The van der Waals surface area contributed by atoms with E-state index in [0.717, 1.165) is 19.1 Å². The van der Waals surface area contributed by atoms with Gasteiger partial charge in [-0.3, -0.25) is 0 Å². The third kappa shape index (κ3) is 5.27. The van der Waals surface area contributed by atoms with Crippen molar-refractivity contribution in [2.24, 2.45) is 11.3 Å². The van der Waals surface area contributed by atoms with E-state index in [9.17, 15) is 0 Å². The van der Waals surface area contributed by atoms with Gasteiger partial charge in [0.1, 0.15) is 0 Å². The molecule has 2 heteroatoms. The van der Waals surface area contributed by atoms with Gasteiger partial charge in [0.15, 0.2) is 0 Å². The number of ether oxygens (including phenoxy) is 2. The van der Waals surface area contributed by atoms with E-state index < -0.39 is 0 Å². The average Bonchev–Trinajstić information content (AvgIpc) is 2.04. The van der Waals surface area contributed by atoms with E-state index >= 15 is 0 Å². The first-order valence-corrected chi connectivity index (χ1v) is 5.06. The molecule has 0 spiro atoms. The van der Waals surface area contributed by atoms with Crippen LogP contribution in [0.25, 0.3) is 0 Å². The van der Waals surface area contributed by atoms with Crippen molar-refractivity contribution in [3.8, 4) is 0 Å². The fourth-order valence-corrected chi connectivity index (χ4v) is 1.84. The van der Waals surface area contributed by atoms with Crippen LogP contribution in [0.3, 0.4) is 0 Å². The van der Waals surface area contributed by atoms with Crippen molar-refractivity contribution in [1.29, 1.82) is 0 Å². The molecule has 0 amide bonds. The second kappa shape index (κ2) is 6.39. The lowest BCUT2D eigenvalue weighted by atomic mass is 9.82. The lowest BCUT2D eigenvalue weighted by Gasteiger charge is -2.30. The quantitative estimate of drug-likeness (QED) is 0.611. The molecular weight excluding hydrogens is 164 g/mol. The summed E-state index contributed by atoms with van der Waals surface area (Å²) >= 11 is 0. The first-order chi connectivity index (χ1) is 6.08. The van der Waals surface area contributed by atoms with Gasteiger partial charge < -0.3 is 9.47 Å². The van der Waals surface area contributed by atoms with Gasteiger partial charge in [0.25, 0.3) is 0 Å². The zero-order chi connectivity index (χ0) is 10.3. The summed E-state index contributed by atoms with van der Waals surface area (Å²) in [6.07, 6.45) is 2.40. The molecule has 0 aliphatic rings. The Morgan fingerprint density at radius 1 is 1.15 bits per heavy atom. The van der Waals surface area contributed by atoms with Crippen LogP contribution in [-0.2, 0) is 9.47 Å². The predicted molar refractivity (Wildman–Crippen MR) is 55.9 cm³/mol. The third-order valence-corrected chi connectivity index (χ3v) is 2.52. The first-order valence-electron chi connectivity index (χ1n) is 5.06. The molecule has 0 radical (unpaired) electrons. The van der Waals surface area contributed by atoms with E-state index in [4.69, 9.17) is 9.47 Å². The van der Waals surface area contributed by atoms with Crippen molar-refractivity contribution in [1.82, 2.24) is 0 Å². The summed E-state index contributed by atoms with van der Waals surface area (Å²) in [5.74, 6) is 0.746. The van der Waals surface area contributed by atoms with Crippen LogP contribution in [0.15, 0.2) is 0 Å². The smallest absolute Gasteiger partial charge is 0.0538 e. The standard InChI is InChI=1S/C11H24O2/c1-6-10(2)7-11(3,8-12-4)9-13-5/h10H,6-9H2,1-5H3. The van der Waals surface area contributed by atoms with Crippen molar-refractivity contribution >= 4 is 0 Å². The maximum atomic E-state index is 5.22. The van der Waals surface area contributed by atoms with Crippen molar-refractivity contribution in [3.63, 3.8) is 0 Å². The average molecular weight is 188 g/mol. The van der Waals surface area contributed by atoms with E-state index in [-0.39, 0.29) is 5.41 Å². The summed E-state index contributed by atoms with van der Waals surface area (Å²) in [6, 6.07) is 0. The van der Waals surface area contributed by atoms with Crippen molar-refractivity contribution < 1.29 is 9.47 Å². The maximum absolute atomic E-state index is 5.22. The Kier molecular flexibility index (Phi) is 6.35. The van der Waals surface area contributed by atoms with Gasteiger partial charge in [0.2, 0.25) is 0 Å². The zero-order valence-electron chi connectivity index (χ0n) is 9.72. The fourth-order valence-electron chi connectivity index (χ4n) is 1.84. The highest BCUT2D eigenvalue weighted by Gasteiger charge is 2.26. The van der Waals surface area contributed by atoms with E-state index in [1.54, 1.807) is 14.2 Å². The van der Waals surface area contributed by atoms with Gasteiger partial charge in [-0.15, -0.1) is 0 Å². The Labute approximate surface area is 82.6 Å². The molecule has 2 nitrogen and oxygen atoms in total. The molecule has 0 aromatic heterocycles. The van der Waals surface area contributed by atoms with Gasteiger partial charge in [-0.1, -0.05) is 27.2 Å². The van der Waals surface area contributed by atoms with Crippen LogP contribution < -0.4 is 0 Å². The summed E-state index contributed by atoms with van der Waals surface area (Å²) in [6.45, 7) is 8.30. The second-order valence-electron chi connectivity index (χ2n) is 4.39. The molecule has 0 bridgehead atoms. The van der Waals surface area contributed by atoms with Gasteiger partial charge in [0.05, 0.1) is 13.2 Å². The monoisotopic (exact) mass is 188 g/mol. The van der Waals surface area contributed by atoms with Crippen LogP contribution in [-0.4, -0.2) is 27.4 Å². The van der Waals surface area contributed by atoms with Gasteiger partial charge in [-0.2, -0.15) is 0 Å². The molecule has 80 valence electrons. The van der Waals surface area contributed by atoms with Gasteiger partial charge in [-0.05, 0) is 12.3 Å². The van der Waals surface area contributed by atoms with E-state index in [2.05, 4.69) is 20.8 Å². The van der Waals surface area contributed by atoms with E-state index in [1.807, 2.05) is 0 Å². The highest BCUT2D eigenvalue weighted by molar-refractivity contribution is 4.75. The number of hydrogen-bond donors (Lipinski definition) is 0. The Hall–Kier alpha value is -0.0800. The SMILES string of the molecule is CCC(C)CC(C)(COC)COC. The molecule has 0 aromatic carbocycles. The van der Waals surface area contributed by atoms with Crippen LogP contribution >= 0.6 is 0 Å². The van der Waals surface area contributed by atoms with Gasteiger partial charge in [0, 0.05) is 19.6 Å². The second-order valence-corrected chi connectivity index (χ2v) is 4.39. The highest BCUT2D eigenvalue weighted by Crippen LogP contribution is 2.28. The lowest BCUT2D eigenvalue weighted by Crippen LogP contribution is -2.30. The Morgan fingerprint density at radius 3 is 1.92 bits per heavy atom. The van der Waals surface area contributed by atoms with E-state index in [0.29, 0.717) is 0 Å².